The Balaban J connectivity index is 1.93. The first-order valence-corrected chi connectivity index (χ1v) is 11.2. The van der Waals surface area contributed by atoms with Gasteiger partial charge < -0.3 is 10.1 Å². The van der Waals surface area contributed by atoms with Gasteiger partial charge in [0.15, 0.2) is 0 Å². The van der Waals surface area contributed by atoms with Gasteiger partial charge in [0.1, 0.15) is 17.2 Å². The normalized spacial score (nSPS) is 12.3. The van der Waals surface area contributed by atoms with E-state index in [4.69, 9.17) is 4.74 Å². The van der Waals surface area contributed by atoms with Crippen LogP contribution in [0.3, 0.4) is 0 Å². The zero-order valence-electron chi connectivity index (χ0n) is 17.9. The van der Waals surface area contributed by atoms with E-state index < -0.39 is 15.9 Å². The Labute approximate surface area is 182 Å². The lowest BCUT2D eigenvalue weighted by molar-refractivity contribution is -0.120. The highest BCUT2D eigenvalue weighted by Crippen LogP contribution is 2.28. The fourth-order valence-electron chi connectivity index (χ4n) is 3.34. The zero-order chi connectivity index (χ0) is 22.6. The van der Waals surface area contributed by atoms with Crippen molar-refractivity contribution in [1.29, 1.82) is 0 Å². The third-order valence-electron chi connectivity index (χ3n) is 4.93. The number of benzene rings is 2. The molecule has 1 atom stereocenters. The van der Waals surface area contributed by atoms with E-state index in [-0.39, 0.29) is 17.5 Å². The van der Waals surface area contributed by atoms with Gasteiger partial charge in [-0.25, -0.2) is 8.42 Å². The second kappa shape index (κ2) is 9.22. The first-order chi connectivity index (χ1) is 14.7. The number of sulfonamides is 1. The van der Waals surface area contributed by atoms with Crippen molar-refractivity contribution >= 4 is 21.6 Å². The van der Waals surface area contributed by atoms with E-state index in [2.05, 4.69) is 15.5 Å². The van der Waals surface area contributed by atoms with Crippen LogP contribution in [0.2, 0.25) is 0 Å². The van der Waals surface area contributed by atoms with Crippen molar-refractivity contribution in [1.82, 2.24) is 15.5 Å². The fraction of sp³-hybridized carbons (Fsp3) is 0.273. The number of ether oxygens (including phenoxy) is 1. The number of anilines is 1. The van der Waals surface area contributed by atoms with Crippen LogP contribution in [0.5, 0.6) is 5.75 Å². The minimum atomic E-state index is -4.05. The summed E-state index contributed by atoms with van der Waals surface area (Å²) in [6.45, 7) is 4.72. The molecule has 0 saturated carbocycles. The largest absolute Gasteiger partial charge is 0.497 e. The van der Waals surface area contributed by atoms with Gasteiger partial charge in [-0.1, -0.05) is 30.3 Å². The second-order valence-electron chi connectivity index (χ2n) is 7.17. The molecule has 0 aliphatic heterocycles. The summed E-state index contributed by atoms with van der Waals surface area (Å²) in [5.41, 5.74) is 2.03. The highest BCUT2D eigenvalue weighted by Gasteiger charge is 2.32. The standard InChI is InChI=1S/C22H26N4O4S/c1-15(18-8-6-5-7-9-18)23-21(27)14-26(19-10-12-20(30-4)13-11-19)31(28,29)22-16(2)24-25-17(22)3/h5-13,15H,14H2,1-4H3,(H,23,27)(H,24,25). The fourth-order valence-corrected chi connectivity index (χ4v) is 5.10. The van der Waals surface area contributed by atoms with Crippen LogP contribution in [0.15, 0.2) is 59.5 Å². The Bertz CT molecular complexity index is 1120. The van der Waals surface area contributed by atoms with Gasteiger partial charge in [0, 0.05) is 0 Å². The predicted molar refractivity (Wildman–Crippen MR) is 119 cm³/mol. The quantitative estimate of drug-likeness (QED) is 0.558. The average Bonchev–Trinajstić information content (AvgIpc) is 3.11. The monoisotopic (exact) mass is 442 g/mol. The number of nitrogens with zero attached hydrogens (tertiary/aromatic N) is 2. The van der Waals surface area contributed by atoms with E-state index in [0.29, 0.717) is 22.8 Å². The van der Waals surface area contributed by atoms with Crippen LogP contribution >= 0.6 is 0 Å². The lowest BCUT2D eigenvalue weighted by Gasteiger charge is -2.25. The number of aryl methyl sites for hydroxylation is 2. The number of amides is 1. The molecule has 0 fully saturated rings. The number of hydrogen-bond donors (Lipinski definition) is 2. The van der Waals surface area contributed by atoms with Crippen LogP contribution in [0, 0.1) is 13.8 Å². The highest BCUT2D eigenvalue weighted by atomic mass is 32.2. The molecule has 1 amide bonds. The van der Waals surface area contributed by atoms with E-state index in [1.807, 2.05) is 37.3 Å². The minimum Gasteiger partial charge on any atom is -0.497 e. The number of aromatic amines is 1. The molecule has 0 aliphatic carbocycles. The third kappa shape index (κ3) is 4.88. The number of carbonyl (C=O) groups is 1. The van der Waals surface area contributed by atoms with Gasteiger partial charge in [0.25, 0.3) is 10.0 Å². The summed E-state index contributed by atoms with van der Waals surface area (Å²) < 4.78 is 33.3. The summed E-state index contributed by atoms with van der Waals surface area (Å²) in [5.74, 6) is 0.161. The molecule has 1 unspecified atom stereocenters. The lowest BCUT2D eigenvalue weighted by atomic mass is 10.1. The third-order valence-corrected chi connectivity index (χ3v) is 6.97. The summed E-state index contributed by atoms with van der Waals surface area (Å²) in [5, 5.41) is 9.57. The Morgan fingerprint density at radius 2 is 1.77 bits per heavy atom. The Hall–Kier alpha value is -3.33. The van der Waals surface area contributed by atoms with Crippen LogP contribution < -0.4 is 14.4 Å². The van der Waals surface area contributed by atoms with Gasteiger partial charge >= 0.3 is 0 Å². The van der Waals surface area contributed by atoms with Crippen molar-refractivity contribution in [2.75, 3.05) is 18.0 Å². The summed E-state index contributed by atoms with van der Waals surface area (Å²) in [6.07, 6.45) is 0. The number of carbonyl (C=O) groups excluding carboxylic acids is 1. The molecule has 2 aromatic carbocycles. The molecule has 1 heterocycles. The second-order valence-corrected chi connectivity index (χ2v) is 8.97. The van der Waals surface area contributed by atoms with Gasteiger partial charge in [-0.2, -0.15) is 5.10 Å². The lowest BCUT2D eigenvalue weighted by Crippen LogP contribution is -2.41. The van der Waals surface area contributed by atoms with Crippen molar-refractivity contribution < 1.29 is 17.9 Å². The van der Waals surface area contributed by atoms with Crippen molar-refractivity contribution in [3.05, 3.63) is 71.5 Å². The first-order valence-electron chi connectivity index (χ1n) is 9.76. The number of methoxy groups -OCH3 is 1. The molecule has 31 heavy (non-hydrogen) atoms. The molecular formula is C22H26N4O4S. The smallest absolute Gasteiger partial charge is 0.268 e. The molecule has 9 heteroatoms. The molecule has 1 aromatic heterocycles. The van der Waals surface area contributed by atoms with Crippen LogP contribution in [-0.2, 0) is 14.8 Å². The van der Waals surface area contributed by atoms with E-state index in [1.54, 1.807) is 38.1 Å². The van der Waals surface area contributed by atoms with Crippen molar-refractivity contribution in [2.24, 2.45) is 0 Å². The molecule has 0 spiro atoms. The highest BCUT2D eigenvalue weighted by molar-refractivity contribution is 7.93. The van der Waals surface area contributed by atoms with Gasteiger partial charge in [-0.15, -0.1) is 0 Å². The van der Waals surface area contributed by atoms with Gasteiger partial charge in [0.05, 0.1) is 30.2 Å². The molecule has 2 N–H and O–H groups in total. The molecule has 0 bridgehead atoms. The molecule has 3 aromatic rings. The maximum absolute atomic E-state index is 13.5. The van der Waals surface area contributed by atoms with Gasteiger partial charge in [-0.3, -0.25) is 14.2 Å². The molecule has 0 saturated heterocycles. The Morgan fingerprint density at radius 3 is 2.32 bits per heavy atom. The van der Waals surface area contributed by atoms with Crippen molar-refractivity contribution in [3.8, 4) is 5.75 Å². The zero-order valence-corrected chi connectivity index (χ0v) is 18.7. The Morgan fingerprint density at radius 1 is 1.13 bits per heavy atom. The number of aromatic nitrogens is 2. The molecule has 0 aliphatic rings. The van der Waals surface area contributed by atoms with Crippen LogP contribution in [0.4, 0.5) is 5.69 Å². The van der Waals surface area contributed by atoms with Crippen molar-refractivity contribution in [2.45, 2.75) is 31.7 Å². The number of rotatable bonds is 8. The van der Waals surface area contributed by atoms with Crippen molar-refractivity contribution in [3.63, 3.8) is 0 Å². The van der Waals surface area contributed by atoms with Gasteiger partial charge in [0.2, 0.25) is 5.91 Å². The van der Waals surface area contributed by atoms with E-state index >= 15 is 0 Å². The topological polar surface area (TPSA) is 104 Å². The Kier molecular flexibility index (Phi) is 6.65. The van der Waals surface area contributed by atoms with E-state index in [0.717, 1.165) is 9.87 Å². The summed E-state index contributed by atoms with van der Waals surface area (Å²) in [4.78, 5) is 12.9. The maximum atomic E-state index is 13.5. The van der Waals surface area contributed by atoms with E-state index in [9.17, 15) is 13.2 Å². The summed E-state index contributed by atoms with van der Waals surface area (Å²) >= 11 is 0. The SMILES string of the molecule is COc1ccc(N(CC(=O)NC(C)c2ccccc2)S(=O)(=O)c2c(C)n[nH]c2C)cc1. The van der Waals surface area contributed by atoms with Gasteiger partial charge in [-0.05, 0) is 50.6 Å². The molecular weight excluding hydrogens is 416 g/mol. The predicted octanol–water partition coefficient (Wildman–Crippen LogP) is 3.11. The molecule has 164 valence electrons. The molecule has 3 rings (SSSR count). The number of H-pyrrole nitrogens is 1. The summed E-state index contributed by atoms with van der Waals surface area (Å²) in [7, 11) is -2.52. The maximum Gasteiger partial charge on any atom is 0.268 e. The number of nitrogens with one attached hydrogen (secondary N) is 2. The minimum absolute atomic E-state index is 0.0622. The first kappa shape index (κ1) is 22.4. The van der Waals surface area contributed by atoms with Crippen LogP contribution in [0.25, 0.3) is 0 Å². The average molecular weight is 443 g/mol. The summed E-state index contributed by atoms with van der Waals surface area (Å²) in [6, 6.07) is 15.7. The molecule has 8 nitrogen and oxygen atoms in total. The van der Waals surface area contributed by atoms with Crippen LogP contribution in [-0.4, -0.2) is 38.2 Å². The molecule has 0 radical (unpaired) electrons. The van der Waals surface area contributed by atoms with E-state index in [1.165, 1.54) is 7.11 Å². The van der Waals surface area contributed by atoms with Crippen LogP contribution in [0.1, 0.15) is 29.9 Å². The number of hydrogen-bond acceptors (Lipinski definition) is 5.